The van der Waals surface area contributed by atoms with Crippen molar-refractivity contribution in [3.63, 3.8) is 0 Å². The molecule has 2 N–H and O–H groups in total. The second-order valence-electron chi connectivity index (χ2n) is 7.41. The zero-order chi connectivity index (χ0) is 19.5. The molecular weight excluding hydrogens is 355 g/mol. The predicted octanol–water partition coefficient (Wildman–Crippen LogP) is 3.08. The molecule has 2 heterocycles. The summed E-state index contributed by atoms with van der Waals surface area (Å²) in [6, 6.07) is 14.2. The Morgan fingerprint density at radius 3 is 2.54 bits per heavy atom. The summed E-state index contributed by atoms with van der Waals surface area (Å²) in [5.74, 6) is 0.325. The fourth-order valence-corrected chi connectivity index (χ4v) is 3.98. The minimum absolute atomic E-state index is 0.0159. The number of hydrogen-bond acceptors (Lipinski definition) is 4. The summed E-state index contributed by atoms with van der Waals surface area (Å²) in [5, 5.41) is 0. The highest BCUT2D eigenvalue weighted by Gasteiger charge is 2.29. The van der Waals surface area contributed by atoms with Gasteiger partial charge in [0, 0.05) is 25.6 Å². The van der Waals surface area contributed by atoms with E-state index in [2.05, 4.69) is 9.88 Å². The fraction of sp³-hybridized carbons (Fsp3) is 0.364. The Morgan fingerprint density at radius 2 is 1.82 bits per heavy atom. The number of benzene rings is 2. The van der Waals surface area contributed by atoms with Crippen LogP contribution in [0.1, 0.15) is 29.0 Å². The molecule has 1 fully saturated rings. The predicted molar refractivity (Wildman–Crippen MR) is 108 cm³/mol. The average molecular weight is 380 g/mol. The Kier molecular flexibility index (Phi) is 5.50. The van der Waals surface area contributed by atoms with Crippen molar-refractivity contribution in [2.24, 2.45) is 11.7 Å². The molecule has 0 unspecified atom stereocenters. The molecule has 0 atom stereocenters. The highest BCUT2D eigenvalue weighted by molar-refractivity contribution is 5.98. The van der Waals surface area contributed by atoms with Crippen LogP contribution in [-0.4, -0.2) is 46.4 Å². The normalized spacial score (nSPS) is 15.9. The summed E-state index contributed by atoms with van der Waals surface area (Å²) < 4.78 is 15.2. The summed E-state index contributed by atoms with van der Waals surface area (Å²) in [7, 11) is 0. The first-order valence-electron chi connectivity index (χ1n) is 9.82. The Hall–Kier alpha value is -2.57. The lowest BCUT2D eigenvalue weighted by Crippen LogP contribution is -2.39. The quantitative estimate of drug-likeness (QED) is 0.668. The zero-order valence-electron chi connectivity index (χ0n) is 15.9. The number of nitrogens with two attached hydrogens (primary N) is 1. The molecule has 2 aromatic carbocycles. The van der Waals surface area contributed by atoms with Gasteiger partial charge in [0.15, 0.2) is 5.82 Å². The van der Waals surface area contributed by atoms with Crippen molar-refractivity contribution in [3.8, 4) is 0 Å². The van der Waals surface area contributed by atoms with Crippen LogP contribution in [0.2, 0.25) is 0 Å². The average Bonchev–Trinajstić information content (AvgIpc) is 3.08. The topological polar surface area (TPSA) is 64.2 Å². The molecule has 0 aliphatic carbocycles. The Balaban J connectivity index is 1.63. The maximum absolute atomic E-state index is 13.3. The maximum atomic E-state index is 13.3. The molecule has 0 spiro atoms. The van der Waals surface area contributed by atoms with E-state index in [0.29, 0.717) is 18.9 Å². The van der Waals surface area contributed by atoms with E-state index in [4.69, 9.17) is 5.73 Å². The lowest BCUT2D eigenvalue weighted by molar-refractivity contribution is 0.0828. The number of ketones is 1. The van der Waals surface area contributed by atoms with Gasteiger partial charge in [-0.2, -0.15) is 0 Å². The number of halogens is 1. The van der Waals surface area contributed by atoms with Gasteiger partial charge >= 0.3 is 0 Å². The third-order valence-corrected chi connectivity index (χ3v) is 5.53. The number of rotatable bonds is 6. The summed E-state index contributed by atoms with van der Waals surface area (Å²) >= 11 is 0. The van der Waals surface area contributed by atoms with Crippen LogP contribution < -0.4 is 5.73 Å². The Labute approximate surface area is 164 Å². The first kappa shape index (κ1) is 18.8. The molecule has 0 radical (unpaired) electrons. The first-order valence-corrected chi connectivity index (χ1v) is 9.82. The van der Waals surface area contributed by atoms with Gasteiger partial charge in [-0.25, -0.2) is 9.37 Å². The standard InChI is InChI=1S/C22H25FN4O/c23-18-7-5-16(6-8-18)15-27-20-4-2-1-3-19(20)25-22(27)21(28)17-9-12-26(13-10-17)14-11-24/h1-8,17H,9-15,24H2. The van der Waals surface area contributed by atoms with Crippen LogP contribution in [0.4, 0.5) is 4.39 Å². The fourth-order valence-electron chi connectivity index (χ4n) is 3.98. The van der Waals surface area contributed by atoms with Gasteiger partial charge in [-0.15, -0.1) is 0 Å². The SMILES string of the molecule is NCCN1CCC(C(=O)c2nc3ccccc3n2Cc2ccc(F)cc2)CC1. The van der Waals surface area contributed by atoms with E-state index in [0.717, 1.165) is 49.1 Å². The van der Waals surface area contributed by atoms with E-state index in [9.17, 15) is 9.18 Å². The second-order valence-corrected chi connectivity index (χ2v) is 7.41. The van der Waals surface area contributed by atoms with Gasteiger partial charge in [-0.1, -0.05) is 24.3 Å². The molecule has 28 heavy (non-hydrogen) atoms. The second kappa shape index (κ2) is 8.20. The minimum Gasteiger partial charge on any atom is -0.329 e. The molecule has 3 aromatic rings. The molecule has 6 heteroatoms. The van der Waals surface area contributed by atoms with Crippen LogP contribution in [0.25, 0.3) is 11.0 Å². The van der Waals surface area contributed by atoms with E-state index >= 15 is 0 Å². The number of aromatic nitrogens is 2. The number of imidazole rings is 1. The molecule has 1 aliphatic heterocycles. The molecule has 1 aromatic heterocycles. The number of nitrogens with zero attached hydrogens (tertiary/aromatic N) is 3. The van der Waals surface area contributed by atoms with Gasteiger partial charge in [0.05, 0.1) is 11.0 Å². The lowest BCUT2D eigenvalue weighted by Gasteiger charge is -2.30. The van der Waals surface area contributed by atoms with Crippen LogP contribution in [0.5, 0.6) is 0 Å². The van der Waals surface area contributed by atoms with Crippen LogP contribution in [0, 0.1) is 11.7 Å². The monoisotopic (exact) mass is 380 g/mol. The van der Waals surface area contributed by atoms with Crippen LogP contribution in [0.3, 0.4) is 0 Å². The third-order valence-electron chi connectivity index (χ3n) is 5.53. The molecular formula is C22H25FN4O. The molecule has 146 valence electrons. The molecule has 0 bridgehead atoms. The molecule has 1 aliphatic rings. The first-order chi connectivity index (χ1) is 13.7. The van der Waals surface area contributed by atoms with Crippen LogP contribution in [-0.2, 0) is 6.54 Å². The number of piperidine rings is 1. The van der Waals surface area contributed by atoms with Gasteiger partial charge in [0.2, 0.25) is 5.78 Å². The van der Waals surface area contributed by atoms with Gasteiger partial charge in [-0.3, -0.25) is 4.79 Å². The van der Waals surface area contributed by atoms with Gasteiger partial charge in [-0.05, 0) is 55.8 Å². The Morgan fingerprint density at radius 1 is 1.11 bits per heavy atom. The summed E-state index contributed by atoms with van der Waals surface area (Å²) in [5.41, 5.74) is 8.33. The molecule has 4 rings (SSSR count). The van der Waals surface area contributed by atoms with Crippen molar-refractivity contribution in [3.05, 3.63) is 65.7 Å². The van der Waals surface area contributed by atoms with E-state index in [1.54, 1.807) is 12.1 Å². The van der Waals surface area contributed by atoms with Gasteiger partial charge in [0.1, 0.15) is 5.82 Å². The van der Waals surface area contributed by atoms with Gasteiger partial charge < -0.3 is 15.2 Å². The van der Waals surface area contributed by atoms with E-state index in [1.165, 1.54) is 12.1 Å². The largest absolute Gasteiger partial charge is 0.329 e. The van der Waals surface area contributed by atoms with Crippen LogP contribution in [0.15, 0.2) is 48.5 Å². The van der Waals surface area contributed by atoms with E-state index in [1.807, 2.05) is 28.8 Å². The highest BCUT2D eigenvalue weighted by Crippen LogP contribution is 2.25. The van der Waals surface area contributed by atoms with Crippen molar-refractivity contribution in [1.82, 2.24) is 14.5 Å². The number of fused-ring (bicyclic) bond motifs is 1. The maximum Gasteiger partial charge on any atom is 0.201 e. The zero-order valence-corrected chi connectivity index (χ0v) is 15.9. The van der Waals surface area contributed by atoms with Crippen molar-refractivity contribution in [2.45, 2.75) is 19.4 Å². The highest BCUT2D eigenvalue weighted by atomic mass is 19.1. The number of carbonyl (C=O) groups excluding carboxylic acids is 1. The number of likely N-dealkylation sites (tertiary alicyclic amines) is 1. The summed E-state index contributed by atoms with van der Waals surface area (Å²) in [4.78, 5) is 20.3. The summed E-state index contributed by atoms with van der Waals surface area (Å²) in [6.07, 6.45) is 1.66. The molecule has 1 saturated heterocycles. The molecule has 5 nitrogen and oxygen atoms in total. The Bertz CT molecular complexity index is 958. The smallest absolute Gasteiger partial charge is 0.201 e. The van der Waals surface area contributed by atoms with Crippen molar-refractivity contribution >= 4 is 16.8 Å². The minimum atomic E-state index is -0.264. The van der Waals surface area contributed by atoms with Crippen molar-refractivity contribution in [2.75, 3.05) is 26.2 Å². The van der Waals surface area contributed by atoms with Crippen LogP contribution >= 0.6 is 0 Å². The number of hydrogen-bond donors (Lipinski definition) is 1. The number of para-hydroxylation sites is 2. The van der Waals surface area contributed by atoms with Crippen molar-refractivity contribution < 1.29 is 9.18 Å². The summed E-state index contributed by atoms with van der Waals surface area (Å²) in [6.45, 7) is 3.81. The lowest BCUT2D eigenvalue weighted by atomic mass is 9.92. The van der Waals surface area contributed by atoms with Crippen molar-refractivity contribution in [1.29, 1.82) is 0 Å². The van der Waals surface area contributed by atoms with E-state index < -0.39 is 0 Å². The van der Waals surface area contributed by atoms with E-state index in [-0.39, 0.29) is 17.5 Å². The third kappa shape index (κ3) is 3.84. The molecule has 0 amide bonds. The molecule has 0 saturated carbocycles. The number of Topliss-reactive ketones (excluding diaryl/α,β-unsaturated/α-hetero) is 1. The number of carbonyl (C=O) groups is 1. The van der Waals surface area contributed by atoms with Gasteiger partial charge in [0.25, 0.3) is 0 Å².